The Morgan fingerprint density at radius 2 is 1.81 bits per heavy atom. The number of allylic oxidation sites excluding steroid dienone is 1. The van der Waals surface area contributed by atoms with E-state index in [1.54, 1.807) is 24.3 Å². The number of hydrogen-bond acceptors (Lipinski definition) is 3. The second-order valence-electron chi connectivity index (χ2n) is 4.32. The molecule has 3 rings (SSSR count). The third-order valence-electron chi connectivity index (χ3n) is 3.10. The van der Waals surface area contributed by atoms with Gasteiger partial charge in [0.05, 0.1) is 6.61 Å². The highest BCUT2D eigenvalue weighted by molar-refractivity contribution is 6.25. The van der Waals surface area contributed by atoms with E-state index >= 15 is 0 Å². The van der Waals surface area contributed by atoms with Crippen LogP contribution < -0.4 is 0 Å². The maximum absolute atomic E-state index is 12.1. The minimum Gasteiger partial charge on any atom is -0.365 e. The Kier molecular flexibility index (Phi) is 1.71. The monoisotopic (exact) mass is 214 g/mol. The average Bonchev–Trinajstić information content (AvgIpc) is 3.03. The van der Waals surface area contributed by atoms with Crippen LogP contribution in [0.25, 0.3) is 0 Å². The fourth-order valence-corrected chi connectivity index (χ4v) is 1.97. The first-order valence-corrected chi connectivity index (χ1v) is 5.16. The molecule has 1 unspecified atom stereocenters. The molecular weight excluding hydrogens is 204 g/mol. The van der Waals surface area contributed by atoms with Gasteiger partial charge in [-0.1, -0.05) is 24.3 Å². The molecule has 1 heterocycles. The molecule has 1 aliphatic heterocycles. The maximum atomic E-state index is 12.1. The fourth-order valence-electron chi connectivity index (χ4n) is 1.97. The molecule has 80 valence electrons. The van der Waals surface area contributed by atoms with Gasteiger partial charge in [0.15, 0.2) is 11.6 Å². The summed E-state index contributed by atoms with van der Waals surface area (Å²) in [6.45, 7) is 2.35. The number of carbonyl (C=O) groups excluding carboxylic acids is 2. The van der Waals surface area contributed by atoms with Crippen LogP contribution in [0.1, 0.15) is 27.6 Å². The lowest BCUT2D eigenvalue weighted by Crippen LogP contribution is -2.25. The molecule has 3 nitrogen and oxygen atoms in total. The molecule has 3 heteroatoms. The lowest BCUT2D eigenvalue weighted by Gasteiger charge is -2.17. The standard InChI is InChI=1S/C13H10O3/c1-13(7-16-13)10-6-11(14)8-4-2-3-5-9(8)12(10)15/h2-6H,7H2,1H3. The van der Waals surface area contributed by atoms with Gasteiger partial charge in [-0.15, -0.1) is 0 Å². The Hall–Kier alpha value is -1.74. The van der Waals surface area contributed by atoms with Crippen LogP contribution >= 0.6 is 0 Å². The zero-order valence-corrected chi connectivity index (χ0v) is 8.82. The zero-order valence-electron chi connectivity index (χ0n) is 8.82. The molecular formula is C13H10O3. The summed E-state index contributed by atoms with van der Waals surface area (Å²) in [6, 6.07) is 6.90. The molecule has 0 N–H and O–H groups in total. The summed E-state index contributed by atoms with van der Waals surface area (Å²) in [5.41, 5.74) is 0.915. The first kappa shape index (κ1) is 9.48. The van der Waals surface area contributed by atoms with Gasteiger partial charge in [0.1, 0.15) is 5.60 Å². The van der Waals surface area contributed by atoms with Crippen molar-refractivity contribution in [1.82, 2.24) is 0 Å². The number of rotatable bonds is 1. The van der Waals surface area contributed by atoms with Gasteiger partial charge in [-0.3, -0.25) is 9.59 Å². The predicted octanol–water partition coefficient (Wildman–Crippen LogP) is 1.78. The third-order valence-corrected chi connectivity index (χ3v) is 3.10. The highest BCUT2D eigenvalue weighted by Crippen LogP contribution is 2.38. The van der Waals surface area contributed by atoms with Gasteiger partial charge in [0.2, 0.25) is 0 Å². The van der Waals surface area contributed by atoms with Crippen molar-refractivity contribution in [3.8, 4) is 0 Å². The first-order chi connectivity index (χ1) is 7.62. The zero-order chi connectivity index (χ0) is 11.3. The van der Waals surface area contributed by atoms with E-state index in [1.165, 1.54) is 6.08 Å². The molecule has 1 atom stereocenters. The Morgan fingerprint density at radius 1 is 1.19 bits per heavy atom. The van der Waals surface area contributed by atoms with Gasteiger partial charge >= 0.3 is 0 Å². The Labute approximate surface area is 92.7 Å². The van der Waals surface area contributed by atoms with Crippen molar-refractivity contribution in [1.29, 1.82) is 0 Å². The van der Waals surface area contributed by atoms with E-state index in [9.17, 15) is 9.59 Å². The highest BCUT2D eigenvalue weighted by atomic mass is 16.6. The van der Waals surface area contributed by atoms with E-state index in [0.29, 0.717) is 23.3 Å². The third kappa shape index (κ3) is 1.18. The largest absolute Gasteiger partial charge is 0.365 e. The maximum Gasteiger partial charge on any atom is 0.192 e. The summed E-state index contributed by atoms with van der Waals surface area (Å²) in [7, 11) is 0. The molecule has 2 aliphatic rings. The molecule has 0 aromatic heterocycles. The number of epoxide rings is 1. The number of carbonyl (C=O) groups is 2. The van der Waals surface area contributed by atoms with Gasteiger partial charge in [0.25, 0.3) is 0 Å². The van der Waals surface area contributed by atoms with Gasteiger partial charge in [0, 0.05) is 16.7 Å². The van der Waals surface area contributed by atoms with Gasteiger partial charge in [-0.05, 0) is 13.0 Å². The van der Waals surface area contributed by atoms with Crippen LogP contribution in [0.3, 0.4) is 0 Å². The van der Waals surface area contributed by atoms with Gasteiger partial charge in [-0.2, -0.15) is 0 Å². The number of ether oxygens (including phenoxy) is 1. The smallest absolute Gasteiger partial charge is 0.192 e. The molecule has 0 saturated carbocycles. The van der Waals surface area contributed by atoms with Crippen LogP contribution in [-0.2, 0) is 4.74 Å². The lowest BCUT2D eigenvalue weighted by molar-refractivity contribution is 0.0971. The van der Waals surface area contributed by atoms with Crippen molar-refractivity contribution in [2.24, 2.45) is 0 Å². The van der Waals surface area contributed by atoms with Crippen molar-refractivity contribution < 1.29 is 14.3 Å². The Morgan fingerprint density at radius 3 is 2.44 bits per heavy atom. The lowest BCUT2D eigenvalue weighted by atomic mass is 9.84. The summed E-state index contributed by atoms with van der Waals surface area (Å²) >= 11 is 0. The van der Waals surface area contributed by atoms with E-state index < -0.39 is 5.60 Å². The molecule has 1 fully saturated rings. The highest BCUT2D eigenvalue weighted by Gasteiger charge is 2.48. The summed E-state index contributed by atoms with van der Waals surface area (Å²) in [5, 5.41) is 0. The van der Waals surface area contributed by atoms with Crippen LogP contribution in [-0.4, -0.2) is 23.8 Å². The summed E-state index contributed by atoms with van der Waals surface area (Å²) in [4.78, 5) is 24.0. The van der Waals surface area contributed by atoms with E-state index in [4.69, 9.17) is 4.74 Å². The number of fused-ring (bicyclic) bond motifs is 1. The molecule has 0 amide bonds. The van der Waals surface area contributed by atoms with E-state index in [2.05, 4.69) is 0 Å². The molecule has 0 radical (unpaired) electrons. The van der Waals surface area contributed by atoms with Crippen LogP contribution in [0.4, 0.5) is 0 Å². The second kappa shape index (κ2) is 2.89. The topological polar surface area (TPSA) is 46.7 Å². The summed E-state index contributed by atoms with van der Waals surface area (Å²) in [5.74, 6) is -0.197. The van der Waals surface area contributed by atoms with Crippen molar-refractivity contribution in [3.05, 3.63) is 47.0 Å². The van der Waals surface area contributed by atoms with Crippen LogP contribution in [0, 0.1) is 0 Å². The Bertz CT molecular complexity index is 536. The average molecular weight is 214 g/mol. The SMILES string of the molecule is CC1(C2=CC(=O)c3ccccc3C2=O)CO1. The molecule has 1 aromatic rings. The Balaban J connectivity index is 2.16. The van der Waals surface area contributed by atoms with E-state index in [0.717, 1.165) is 0 Å². The number of Topliss-reactive ketones (excluding diaryl/α,β-unsaturated/α-hetero) is 1. The predicted molar refractivity (Wildman–Crippen MR) is 57.5 cm³/mol. The van der Waals surface area contributed by atoms with Gasteiger partial charge in [-0.25, -0.2) is 0 Å². The van der Waals surface area contributed by atoms with Crippen LogP contribution in [0.2, 0.25) is 0 Å². The summed E-state index contributed by atoms with van der Waals surface area (Å²) in [6.07, 6.45) is 1.41. The number of ketones is 2. The molecule has 0 spiro atoms. The van der Waals surface area contributed by atoms with Crippen molar-refractivity contribution in [3.63, 3.8) is 0 Å². The normalized spacial score (nSPS) is 27.4. The molecule has 0 bridgehead atoms. The fraction of sp³-hybridized carbons (Fsp3) is 0.231. The molecule has 16 heavy (non-hydrogen) atoms. The van der Waals surface area contributed by atoms with Crippen molar-refractivity contribution in [2.45, 2.75) is 12.5 Å². The summed E-state index contributed by atoms with van der Waals surface area (Å²) < 4.78 is 5.23. The van der Waals surface area contributed by atoms with Crippen molar-refractivity contribution in [2.75, 3.05) is 6.61 Å². The molecule has 1 aromatic carbocycles. The number of benzene rings is 1. The van der Waals surface area contributed by atoms with Gasteiger partial charge < -0.3 is 4.74 Å². The van der Waals surface area contributed by atoms with Crippen molar-refractivity contribution >= 4 is 11.6 Å². The van der Waals surface area contributed by atoms with E-state index in [1.807, 2.05) is 6.92 Å². The minimum atomic E-state index is -0.541. The van der Waals surface area contributed by atoms with Crippen LogP contribution in [0.15, 0.2) is 35.9 Å². The second-order valence-corrected chi connectivity index (χ2v) is 4.32. The minimum absolute atomic E-state index is 0.0878. The molecule has 1 aliphatic carbocycles. The van der Waals surface area contributed by atoms with E-state index in [-0.39, 0.29) is 11.6 Å². The van der Waals surface area contributed by atoms with Crippen LogP contribution in [0.5, 0.6) is 0 Å². The number of hydrogen-bond donors (Lipinski definition) is 0. The quantitative estimate of drug-likeness (QED) is 0.669. The first-order valence-electron chi connectivity index (χ1n) is 5.16. The molecule has 1 saturated heterocycles.